The molecule has 4 rings (SSSR count). The Hall–Kier alpha value is -2.21. The van der Waals surface area contributed by atoms with E-state index in [4.69, 9.17) is 4.42 Å². The van der Waals surface area contributed by atoms with Crippen LogP contribution < -0.4 is 10.2 Å². The molecule has 10 heteroatoms. The van der Waals surface area contributed by atoms with Crippen molar-refractivity contribution in [3.63, 3.8) is 0 Å². The highest BCUT2D eigenvalue weighted by molar-refractivity contribution is 14.0. The second-order valence-corrected chi connectivity index (χ2v) is 7.46. The van der Waals surface area contributed by atoms with Gasteiger partial charge in [-0.2, -0.15) is 4.37 Å². The number of hydrogen-bond donors (Lipinski definition) is 1. The van der Waals surface area contributed by atoms with E-state index in [0.717, 1.165) is 60.8 Å². The molecule has 1 N–H and O–H groups in total. The lowest BCUT2D eigenvalue weighted by Crippen LogP contribution is -2.52. The average Bonchev–Trinajstić information content (AvgIpc) is 3.45. The van der Waals surface area contributed by atoms with E-state index in [1.54, 1.807) is 6.26 Å². The van der Waals surface area contributed by atoms with E-state index in [1.165, 1.54) is 11.5 Å². The van der Waals surface area contributed by atoms with Gasteiger partial charge in [0.1, 0.15) is 12.1 Å². The van der Waals surface area contributed by atoms with Crippen molar-refractivity contribution in [3.05, 3.63) is 48.1 Å². The van der Waals surface area contributed by atoms with Gasteiger partial charge in [-0.05, 0) is 12.1 Å². The summed E-state index contributed by atoms with van der Waals surface area (Å²) in [6, 6.07) is 9.91. The number of aliphatic imine (C=N–C) groups is 1. The van der Waals surface area contributed by atoms with Crippen LogP contribution in [0.25, 0.3) is 11.5 Å². The maximum Gasteiger partial charge on any atom is 0.226 e. The molecule has 0 amide bonds. The summed E-state index contributed by atoms with van der Waals surface area (Å²) in [4.78, 5) is 18.2. The normalized spacial score (nSPS) is 14.5. The summed E-state index contributed by atoms with van der Waals surface area (Å²) in [5, 5.41) is 4.41. The molecule has 1 aromatic carbocycles. The Morgan fingerprint density at radius 2 is 1.93 bits per heavy atom. The number of aryl methyl sites for hydroxylation is 1. The molecular weight excluding hydrogens is 513 g/mol. The topological polar surface area (TPSA) is 82.7 Å². The third-order valence-electron chi connectivity index (χ3n) is 4.84. The number of piperazine rings is 1. The fourth-order valence-corrected chi connectivity index (χ4v) is 4.03. The summed E-state index contributed by atoms with van der Waals surface area (Å²) >= 11 is 1.49. The molecule has 2 aromatic heterocycles. The fraction of sp³-hybridized carbons (Fsp3) is 0.400. The number of nitrogens with one attached hydrogen (secondary N) is 1. The fourth-order valence-electron chi connectivity index (χ4n) is 3.23. The number of oxazole rings is 1. The average molecular weight is 539 g/mol. The number of halogens is 1. The smallest absolute Gasteiger partial charge is 0.226 e. The third-order valence-corrected chi connectivity index (χ3v) is 5.65. The molecule has 1 aliphatic heterocycles. The van der Waals surface area contributed by atoms with Crippen molar-refractivity contribution in [2.45, 2.75) is 19.9 Å². The Morgan fingerprint density at radius 1 is 1.17 bits per heavy atom. The number of guanidine groups is 1. The lowest BCUT2D eigenvalue weighted by atomic mass is 10.2. The van der Waals surface area contributed by atoms with Gasteiger partial charge in [-0.3, -0.25) is 4.99 Å². The van der Waals surface area contributed by atoms with E-state index in [9.17, 15) is 0 Å². The molecule has 1 fully saturated rings. The first-order chi connectivity index (χ1) is 14.3. The van der Waals surface area contributed by atoms with Crippen LogP contribution in [-0.2, 0) is 13.0 Å². The van der Waals surface area contributed by atoms with Gasteiger partial charge in [0.05, 0.1) is 12.2 Å². The quantitative estimate of drug-likeness (QED) is 0.303. The molecule has 0 aliphatic carbocycles. The minimum Gasteiger partial charge on any atom is -0.444 e. The van der Waals surface area contributed by atoms with Crippen molar-refractivity contribution < 1.29 is 4.42 Å². The Morgan fingerprint density at radius 3 is 2.60 bits per heavy atom. The maximum absolute atomic E-state index is 5.61. The first-order valence-electron chi connectivity index (χ1n) is 9.79. The van der Waals surface area contributed by atoms with Crippen LogP contribution in [0.1, 0.15) is 18.4 Å². The van der Waals surface area contributed by atoms with Crippen molar-refractivity contribution in [1.82, 2.24) is 24.6 Å². The lowest BCUT2D eigenvalue weighted by molar-refractivity contribution is 0.372. The minimum atomic E-state index is 0. The Kier molecular flexibility index (Phi) is 8.02. The van der Waals surface area contributed by atoms with Gasteiger partial charge in [0.2, 0.25) is 11.0 Å². The third kappa shape index (κ3) is 5.28. The molecule has 30 heavy (non-hydrogen) atoms. The highest BCUT2D eigenvalue weighted by Gasteiger charge is 2.22. The van der Waals surface area contributed by atoms with Crippen molar-refractivity contribution in [3.8, 4) is 11.5 Å². The SMILES string of the molecule is CCc1nsc(N2CCN(C(=NC)NCc3coc(-c4ccccc4)n3)CC2)n1.I. The molecule has 0 atom stereocenters. The van der Waals surface area contributed by atoms with E-state index in [2.05, 4.69) is 41.4 Å². The molecule has 0 spiro atoms. The van der Waals surface area contributed by atoms with Crippen LogP contribution in [0.2, 0.25) is 0 Å². The zero-order chi connectivity index (χ0) is 20.1. The van der Waals surface area contributed by atoms with Gasteiger partial charge in [-0.25, -0.2) is 9.97 Å². The van der Waals surface area contributed by atoms with Crippen molar-refractivity contribution in [2.24, 2.45) is 4.99 Å². The van der Waals surface area contributed by atoms with Gasteiger partial charge in [-0.15, -0.1) is 24.0 Å². The molecule has 160 valence electrons. The second-order valence-electron chi connectivity index (χ2n) is 6.73. The molecule has 0 saturated carbocycles. The second kappa shape index (κ2) is 10.7. The summed E-state index contributed by atoms with van der Waals surface area (Å²) in [7, 11) is 1.81. The van der Waals surface area contributed by atoms with Gasteiger partial charge in [-0.1, -0.05) is 25.1 Å². The monoisotopic (exact) mass is 539 g/mol. The zero-order valence-electron chi connectivity index (χ0n) is 17.1. The van der Waals surface area contributed by atoms with E-state index in [-0.39, 0.29) is 24.0 Å². The Labute approximate surface area is 197 Å². The van der Waals surface area contributed by atoms with E-state index < -0.39 is 0 Å². The van der Waals surface area contributed by atoms with Gasteiger partial charge < -0.3 is 19.5 Å². The van der Waals surface area contributed by atoms with Gasteiger partial charge >= 0.3 is 0 Å². The number of rotatable bonds is 5. The van der Waals surface area contributed by atoms with Crippen LogP contribution in [-0.4, -0.2) is 58.4 Å². The van der Waals surface area contributed by atoms with Gasteiger partial charge in [0.15, 0.2) is 5.96 Å². The molecule has 0 radical (unpaired) electrons. The summed E-state index contributed by atoms with van der Waals surface area (Å²) < 4.78 is 10.0. The molecule has 1 aliphatic rings. The molecule has 8 nitrogen and oxygen atoms in total. The van der Waals surface area contributed by atoms with Crippen molar-refractivity contribution in [2.75, 3.05) is 38.1 Å². The van der Waals surface area contributed by atoms with Crippen LogP contribution in [0.15, 0.2) is 46.0 Å². The highest BCUT2D eigenvalue weighted by Crippen LogP contribution is 2.20. The molecule has 3 heterocycles. The molecule has 1 saturated heterocycles. The molecule has 0 unspecified atom stereocenters. The van der Waals surface area contributed by atoms with Crippen LogP contribution >= 0.6 is 35.5 Å². The summed E-state index contributed by atoms with van der Waals surface area (Å²) in [5.41, 5.74) is 1.83. The van der Waals surface area contributed by atoms with E-state index in [0.29, 0.717) is 12.4 Å². The van der Waals surface area contributed by atoms with Crippen LogP contribution in [0.5, 0.6) is 0 Å². The van der Waals surface area contributed by atoms with Crippen molar-refractivity contribution in [1.29, 1.82) is 0 Å². The Balaban J connectivity index is 0.00000256. The zero-order valence-corrected chi connectivity index (χ0v) is 20.3. The largest absolute Gasteiger partial charge is 0.444 e. The molecule has 0 bridgehead atoms. The number of aromatic nitrogens is 3. The van der Waals surface area contributed by atoms with E-state index >= 15 is 0 Å². The highest BCUT2D eigenvalue weighted by atomic mass is 127. The predicted molar refractivity (Wildman–Crippen MR) is 131 cm³/mol. The van der Waals surface area contributed by atoms with Crippen LogP contribution in [0, 0.1) is 0 Å². The number of benzene rings is 1. The maximum atomic E-state index is 5.61. The number of hydrogen-bond acceptors (Lipinski definition) is 7. The first kappa shape index (κ1) is 22.5. The standard InChI is InChI=1S/C20H25N7OS.HI/c1-3-17-24-20(29-25-17)27-11-9-26(10-12-27)19(21-2)22-13-16-14-28-18(23-16)15-7-5-4-6-8-15;/h4-8,14H,3,9-13H2,1-2H3,(H,21,22);1H. The minimum absolute atomic E-state index is 0. The number of nitrogens with zero attached hydrogens (tertiary/aromatic N) is 6. The molecular formula is C20H26IN7OS. The van der Waals surface area contributed by atoms with E-state index in [1.807, 2.05) is 37.4 Å². The molecule has 3 aromatic rings. The summed E-state index contributed by atoms with van der Waals surface area (Å²) in [5.74, 6) is 2.43. The number of anilines is 1. The van der Waals surface area contributed by atoms with Gasteiger partial charge in [0.25, 0.3) is 0 Å². The van der Waals surface area contributed by atoms with Crippen molar-refractivity contribution >= 4 is 46.6 Å². The predicted octanol–water partition coefficient (Wildman–Crippen LogP) is 3.27. The van der Waals surface area contributed by atoms with Crippen LogP contribution in [0.3, 0.4) is 0 Å². The Bertz CT molecular complexity index is 951. The summed E-state index contributed by atoms with van der Waals surface area (Å²) in [6.45, 7) is 6.22. The van der Waals surface area contributed by atoms with Gasteiger partial charge in [0, 0.05) is 56.7 Å². The van der Waals surface area contributed by atoms with Crippen LogP contribution in [0.4, 0.5) is 5.13 Å². The first-order valence-corrected chi connectivity index (χ1v) is 10.6. The summed E-state index contributed by atoms with van der Waals surface area (Å²) in [6.07, 6.45) is 2.57. The lowest BCUT2D eigenvalue weighted by Gasteiger charge is -2.36.